The Hall–Kier alpha value is -1.80. The summed E-state index contributed by atoms with van der Waals surface area (Å²) in [6.07, 6.45) is 48.6. The third-order valence-corrected chi connectivity index (χ3v) is 10.1. The average molecular weight is 795 g/mol. The summed E-state index contributed by atoms with van der Waals surface area (Å²) in [4.78, 5) is 22.8. The third kappa shape index (κ3) is 43.2. The number of rotatable bonds is 40. The van der Waals surface area contributed by atoms with Crippen molar-refractivity contribution in [1.29, 1.82) is 0 Å². The number of likely N-dealkylation sites (N-methyl/N-ethyl adjacent to an activating group) is 1. The second-order valence-corrected chi connectivity index (χ2v) is 17.2. The predicted molar refractivity (Wildman–Crippen MR) is 233 cm³/mol. The van der Waals surface area contributed by atoms with Crippen LogP contribution in [0.15, 0.2) is 60.8 Å². The minimum absolute atomic E-state index is 0.0711. The summed E-state index contributed by atoms with van der Waals surface area (Å²) in [6, 6.07) is 0. The highest BCUT2D eigenvalue weighted by atomic mass is 31.2. The van der Waals surface area contributed by atoms with Gasteiger partial charge >= 0.3 is 13.8 Å². The van der Waals surface area contributed by atoms with Gasteiger partial charge in [-0.2, -0.15) is 0 Å². The fraction of sp³-hybridized carbons (Fsp3) is 0.761. The van der Waals surface area contributed by atoms with E-state index >= 15 is 0 Å². The minimum atomic E-state index is -4.30. The monoisotopic (exact) mass is 795 g/mol. The first-order valence-electron chi connectivity index (χ1n) is 22.0. The van der Waals surface area contributed by atoms with Crippen molar-refractivity contribution in [3.05, 3.63) is 60.8 Å². The van der Waals surface area contributed by atoms with Gasteiger partial charge in [0.15, 0.2) is 0 Å². The molecule has 0 bridgehead atoms. The number of quaternary nitrogens is 1. The van der Waals surface area contributed by atoms with Crippen LogP contribution in [-0.2, 0) is 27.9 Å². The maximum atomic E-state index is 12.6. The molecule has 2 unspecified atom stereocenters. The molecule has 55 heavy (non-hydrogen) atoms. The number of nitrogens with zero attached hydrogens (tertiary/aromatic N) is 1. The first-order chi connectivity index (χ1) is 26.6. The molecule has 0 radical (unpaired) electrons. The number of allylic oxidation sites excluding steroid dienone is 9. The van der Waals surface area contributed by atoms with E-state index in [1.807, 2.05) is 27.2 Å². The molecule has 9 heteroatoms. The van der Waals surface area contributed by atoms with Crippen LogP contribution in [0.3, 0.4) is 0 Å². The van der Waals surface area contributed by atoms with E-state index in [4.69, 9.17) is 18.5 Å². The van der Waals surface area contributed by atoms with Crippen molar-refractivity contribution in [3.63, 3.8) is 0 Å². The van der Waals surface area contributed by atoms with Crippen LogP contribution in [0.1, 0.15) is 168 Å². The fourth-order valence-electron chi connectivity index (χ4n) is 5.75. The van der Waals surface area contributed by atoms with Crippen LogP contribution in [0.25, 0.3) is 0 Å². The van der Waals surface area contributed by atoms with Crippen molar-refractivity contribution in [2.75, 3.05) is 54.1 Å². The molecule has 0 amide bonds. The van der Waals surface area contributed by atoms with Crippen molar-refractivity contribution < 1.29 is 37.3 Å². The molecule has 0 aromatic carbocycles. The van der Waals surface area contributed by atoms with Crippen LogP contribution in [0.2, 0.25) is 0 Å². The SMILES string of the molecule is CC/C=C\C/C=C\C/C=C\C/C=C\C/C=C\CC(=O)OC(COCCCCCCCCCCCCCCCCCCCC)COP(=O)(O)OCC[N+](C)(C)C. The summed E-state index contributed by atoms with van der Waals surface area (Å²) in [6.45, 7) is 5.38. The summed E-state index contributed by atoms with van der Waals surface area (Å²) in [7, 11) is 1.61. The number of ether oxygens (including phenoxy) is 2. The van der Waals surface area contributed by atoms with Gasteiger partial charge in [-0.1, -0.05) is 184 Å². The van der Waals surface area contributed by atoms with Gasteiger partial charge in [-0.25, -0.2) is 4.57 Å². The summed E-state index contributed by atoms with van der Waals surface area (Å²) < 4.78 is 34.8. The number of unbranched alkanes of at least 4 members (excludes halogenated alkanes) is 17. The zero-order valence-corrected chi connectivity index (χ0v) is 37.0. The first kappa shape index (κ1) is 53.2. The molecular formula is C46H85NO7P+. The zero-order valence-electron chi connectivity index (χ0n) is 36.1. The lowest BCUT2D eigenvalue weighted by atomic mass is 10.0. The zero-order chi connectivity index (χ0) is 40.6. The molecule has 0 aromatic heterocycles. The van der Waals surface area contributed by atoms with Crippen LogP contribution >= 0.6 is 7.82 Å². The maximum absolute atomic E-state index is 12.6. The molecule has 0 aliphatic rings. The van der Waals surface area contributed by atoms with E-state index in [1.54, 1.807) is 6.08 Å². The highest BCUT2D eigenvalue weighted by molar-refractivity contribution is 7.47. The Bertz CT molecular complexity index is 1060. The van der Waals surface area contributed by atoms with E-state index in [1.165, 1.54) is 103 Å². The minimum Gasteiger partial charge on any atom is -0.457 e. The van der Waals surface area contributed by atoms with Crippen LogP contribution in [0, 0.1) is 0 Å². The Balaban J connectivity index is 4.33. The highest BCUT2D eigenvalue weighted by Gasteiger charge is 2.26. The van der Waals surface area contributed by atoms with Gasteiger partial charge in [0.2, 0.25) is 0 Å². The number of phosphoric acid groups is 1. The predicted octanol–water partition coefficient (Wildman–Crippen LogP) is 12.9. The van der Waals surface area contributed by atoms with Gasteiger partial charge in [0, 0.05) is 6.61 Å². The van der Waals surface area contributed by atoms with E-state index in [9.17, 15) is 14.3 Å². The summed E-state index contributed by atoms with van der Waals surface area (Å²) >= 11 is 0. The van der Waals surface area contributed by atoms with Crippen molar-refractivity contribution in [2.45, 2.75) is 174 Å². The first-order valence-corrected chi connectivity index (χ1v) is 23.5. The van der Waals surface area contributed by atoms with Gasteiger partial charge in [0.05, 0.1) is 40.8 Å². The van der Waals surface area contributed by atoms with Crippen LogP contribution in [0.5, 0.6) is 0 Å². The molecule has 0 spiro atoms. The molecule has 8 nitrogen and oxygen atoms in total. The summed E-state index contributed by atoms with van der Waals surface area (Å²) in [5, 5.41) is 0. The molecule has 0 aromatic rings. The van der Waals surface area contributed by atoms with Crippen LogP contribution < -0.4 is 0 Å². The largest absolute Gasteiger partial charge is 0.472 e. The van der Waals surface area contributed by atoms with Crippen molar-refractivity contribution in [2.24, 2.45) is 0 Å². The van der Waals surface area contributed by atoms with Crippen molar-refractivity contribution in [3.8, 4) is 0 Å². The Morgan fingerprint density at radius 1 is 0.564 bits per heavy atom. The Kier molecular flexibility index (Phi) is 37.8. The van der Waals surface area contributed by atoms with Gasteiger partial charge in [-0.15, -0.1) is 0 Å². The quantitative estimate of drug-likeness (QED) is 0.0217. The molecule has 0 heterocycles. The lowest BCUT2D eigenvalue weighted by Crippen LogP contribution is -2.37. The topological polar surface area (TPSA) is 91.3 Å². The lowest BCUT2D eigenvalue weighted by molar-refractivity contribution is -0.870. The average Bonchev–Trinajstić information content (AvgIpc) is 3.13. The Morgan fingerprint density at radius 2 is 0.982 bits per heavy atom. The molecule has 0 aliphatic carbocycles. The number of hydrogen-bond donors (Lipinski definition) is 1. The lowest BCUT2D eigenvalue weighted by Gasteiger charge is -2.24. The van der Waals surface area contributed by atoms with E-state index < -0.39 is 19.9 Å². The van der Waals surface area contributed by atoms with E-state index in [0.29, 0.717) is 17.6 Å². The van der Waals surface area contributed by atoms with E-state index in [2.05, 4.69) is 62.5 Å². The van der Waals surface area contributed by atoms with E-state index in [-0.39, 0.29) is 26.2 Å². The number of phosphoric ester groups is 1. The molecule has 0 saturated heterocycles. The van der Waals surface area contributed by atoms with Crippen molar-refractivity contribution in [1.82, 2.24) is 0 Å². The van der Waals surface area contributed by atoms with Gasteiger partial charge < -0.3 is 18.9 Å². The second-order valence-electron chi connectivity index (χ2n) is 15.7. The molecule has 0 rings (SSSR count). The fourth-order valence-corrected chi connectivity index (χ4v) is 6.49. The van der Waals surface area contributed by atoms with Gasteiger partial charge in [-0.05, 0) is 38.5 Å². The van der Waals surface area contributed by atoms with Gasteiger partial charge in [0.25, 0.3) is 0 Å². The highest BCUT2D eigenvalue weighted by Crippen LogP contribution is 2.43. The standard InChI is InChI=1S/C46H84NO7P/c1-6-8-10-12-14-16-18-20-22-23-24-26-28-30-32-34-36-38-41-51-43-45(44-53-55(49,50)52-42-40-47(3,4)5)54-46(48)39-37-35-33-31-29-27-25-21-19-17-15-13-11-9-7-2/h9,11,15,17,21,25,29,31,35,37,45H,6-8,10,12-14,16,18-20,22-24,26-28,30,32-34,36,38-44H2,1-5H3/p+1/b11-9-,17-15-,25-21-,31-29-,37-35-. The maximum Gasteiger partial charge on any atom is 0.472 e. The van der Waals surface area contributed by atoms with Gasteiger partial charge in [-0.3, -0.25) is 13.8 Å². The molecule has 1 N–H and O–H groups in total. The summed E-state index contributed by atoms with van der Waals surface area (Å²) in [5.41, 5.74) is 0. The molecule has 0 saturated carbocycles. The third-order valence-electron chi connectivity index (χ3n) is 9.13. The van der Waals surface area contributed by atoms with Gasteiger partial charge in [0.1, 0.15) is 19.3 Å². The second kappa shape index (κ2) is 39.0. The normalized spacial score (nSPS) is 14.4. The number of esters is 1. The molecule has 0 fully saturated rings. The van der Waals surface area contributed by atoms with Crippen molar-refractivity contribution >= 4 is 13.8 Å². The molecule has 0 aliphatic heterocycles. The van der Waals surface area contributed by atoms with E-state index in [0.717, 1.165) is 44.9 Å². The molecule has 320 valence electrons. The summed E-state index contributed by atoms with van der Waals surface area (Å²) in [5.74, 6) is -0.439. The number of carbonyl (C=O) groups excluding carboxylic acids is 1. The number of carbonyl (C=O) groups is 1. The van der Waals surface area contributed by atoms with Crippen LogP contribution in [0.4, 0.5) is 0 Å². The smallest absolute Gasteiger partial charge is 0.457 e. The number of hydrogen-bond acceptors (Lipinski definition) is 6. The Labute approximate surface area is 339 Å². The molecular weight excluding hydrogens is 709 g/mol. The Morgan fingerprint density at radius 3 is 1.42 bits per heavy atom. The van der Waals surface area contributed by atoms with Crippen LogP contribution in [-0.4, -0.2) is 75.6 Å². The molecule has 2 atom stereocenters.